The molecule has 0 saturated carbocycles. The normalized spacial score (nSPS) is 10.9. The maximum absolute atomic E-state index is 11.8. The van der Waals surface area contributed by atoms with Crippen LogP contribution in [-0.4, -0.2) is 27.8 Å². The number of rotatable bonds is 3. The fourth-order valence-electron chi connectivity index (χ4n) is 1.37. The van der Waals surface area contributed by atoms with Gasteiger partial charge in [0.2, 0.25) is 0 Å². The molecule has 2 rings (SSSR count). The molecule has 0 aliphatic heterocycles. The standard InChI is InChI=1S/C9H12N4O/c1-10-4-5-12-6-7-13-8(9(12)14)2-3-11-13/h2-3,6-7,10H,4-5H2,1H3. The van der Waals surface area contributed by atoms with Gasteiger partial charge in [-0.1, -0.05) is 0 Å². The van der Waals surface area contributed by atoms with Gasteiger partial charge >= 0.3 is 0 Å². The van der Waals surface area contributed by atoms with Crippen LogP contribution in [0, 0.1) is 0 Å². The van der Waals surface area contributed by atoms with Gasteiger partial charge in [0, 0.05) is 25.5 Å². The minimum atomic E-state index is 0.000231. The third kappa shape index (κ3) is 1.42. The summed E-state index contributed by atoms with van der Waals surface area (Å²) in [4.78, 5) is 11.8. The molecule has 1 N–H and O–H groups in total. The molecule has 74 valence electrons. The minimum Gasteiger partial charge on any atom is -0.318 e. The largest absolute Gasteiger partial charge is 0.318 e. The third-order valence-electron chi connectivity index (χ3n) is 2.14. The monoisotopic (exact) mass is 192 g/mol. The van der Waals surface area contributed by atoms with Crippen LogP contribution < -0.4 is 10.9 Å². The molecular weight excluding hydrogens is 180 g/mol. The molecule has 0 aromatic carbocycles. The first kappa shape index (κ1) is 8.96. The van der Waals surface area contributed by atoms with Crippen molar-refractivity contribution in [3.05, 3.63) is 35.0 Å². The van der Waals surface area contributed by atoms with Crippen LogP contribution >= 0.6 is 0 Å². The summed E-state index contributed by atoms with van der Waals surface area (Å²) in [5.74, 6) is 0. The summed E-state index contributed by atoms with van der Waals surface area (Å²) in [6, 6.07) is 1.72. The predicted molar refractivity (Wildman–Crippen MR) is 53.4 cm³/mol. The van der Waals surface area contributed by atoms with Crippen molar-refractivity contribution < 1.29 is 0 Å². The molecule has 0 unspecified atom stereocenters. The topological polar surface area (TPSA) is 51.3 Å². The van der Waals surface area contributed by atoms with Crippen molar-refractivity contribution in [3.63, 3.8) is 0 Å². The summed E-state index contributed by atoms with van der Waals surface area (Å²) in [6.07, 6.45) is 5.16. The van der Waals surface area contributed by atoms with Gasteiger partial charge in [-0.3, -0.25) is 4.79 Å². The average Bonchev–Trinajstić information content (AvgIpc) is 2.66. The van der Waals surface area contributed by atoms with Crippen molar-refractivity contribution in [2.45, 2.75) is 6.54 Å². The highest BCUT2D eigenvalue weighted by Gasteiger charge is 2.01. The van der Waals surface area contributed by atoms with E-state index in [4.69, 9.17) is 0 Å². The number of nitrogens with zero attached hydrogens (tertiary/aromatic N) is 3. The van der Waals surface area contributed by atoms with Crippen molar-refractivity contribution in [1.82, 2.24) is 19.5 Å². The second-order valence-electron chi connectivity index (χ2n) is 3.06. The van der Waals surface area contributed by atoms with Gasteiger partial charge < -0.3 is 9.88 Å². The van der Waals surface area contributed by atoms with Crippen molar-refractivity contribution in [1.29, 1.82) is 0 Å². The van der Waals surface area contributed by atoms with Gasteiger partial charge in [0.1, 0.15) is 5.52 Å². The van der Waals surface area contributed by atoms with Crippen molar-refractivity contribution in [2.24, 2.45) is 0 Å². The van der Waals surface area contributed by atoms with E-state index in [2.05, 4.69) is 10.4 Å². The molecule has 0 amide bonds. The van der Waals surface area contributed by atoms with E-state index in [0.29, 0.717) is 12.1 Å². The van der Waals surface area contributed by atoms with Crippen LogP contribution in [0.5, 0.6) is 0 Å². The number of fused-ring (bicyclic) bond motifs is 1. The molecule has 14 heavy (non-hydrogen) atoms. The molecule has 5 nitrogen and oxygen atoms in total. The first-order chi connectivity index (χ1) is 6.83. The molecule has 0 saturated heterocycles. The van der Waals surface area contributed by atoms with Crippen LogP contribution in [0.15, 0.2) is 29.5 Å². The molecule has 0 aliphatic carbocycles. The van der Waals surface area contributed by atoms with E-state index in [1.54, 1.807) is 33.7 Å². The van der Waals surface area contributed by atoms with E-state index < -0.39 is 0 Å². The van der Waals surface area contributed by atoms with Gasteiger partial charge in [-0.25, -0.2) is 4.52 Å². The maximum Gasteiger partial charge on any atom is 0.276 e. The van der Waals surface area contributed by atoms with Gasteiger partial charge in [-0.2, -0.15) is 5.10 Å². The van der Waals surface area contributed by atoms with Crippen LogP contribution in [0.3, 0.4) is 0 Å². The second-order valence-corrected chi connectivity index (χ2v) is 3.06. The Morgan fingerprint density at radius 3 is 3.14 bits per heavy atom. The smallest absolute Gasteiger partial charge is 0.276 e. The SMILES string of the molecule is CNCCn1ccn2nccc2c1=O. The third-order valence-corrected chi connectivity index (χ3v) is 2.14. The van der Waals surface area contributed by atoms with Crippen LogP contribution in [0.2, 0.25) is 0 Å². The molecule has 2 aromatic rings. The number of hydrogen-bond donors (Lipinski definition) is 1. The fourth-order valence-corrected chi connectivity index (χ4v) is 1.37. The van der Waals surface area contributed by atoms with Crippen molar-refractivity contribution in [3.8, 4) is 0 Å². The maximum atomic E-state index is 11.8. The number of nitrogens with one attached hydrogen (secondary N) is 1. The lowest BCUT2D eigenvalue weighted by Crippen LogP contribution is -2.26. The lowest BCUT2D eigenvalue weighted by molar-refractivity contribution is 0.622. The van der Waals surface area contributed by atoms with E-state index in [1.807, 2.05) is 7.05 Å². The lowest BCUT2D eigenvalue weighted by atomic mass is 10.5. The van der Waals surface area contributed by atoms with Crippen LogP contribution in [0.25, 0.3) is 5.52 Å². The molecule has 2 aromatic heterocycles. The van der Waals surface area contributed by atoms with Crippen molar-refractivity contribution in [2.75, 3.05) is 13.6 Å². The molecule has 0 fully saturated rings. The molecule has 0 atom stereocenters. The number of aromatic nitrogens is 3. The summed E-state index contributed by atoms with van der Waals surface area (Å²) in [5, 5.41) is 6.99. The Balaban J connectivity index is 2.46. The Morgan fingerprint density at radius 2 is 2.36 bits per heavy atom. The Hall–Kier alpha value is -1.62. The highest BCUT2D eigenvalue weighted by molar-refractivity contribution is 5.42. The highest BCUT2D eigenvalue weighted by Crippen LogP contribution is 1.93. The molecular formula is C9H12N4O. The number of likely N-dealkylation sites (N-methyl/N-ethyl adjacent to an activating group) is 1. The van der Waals surface area contributed by atoms with E-state index in [9.17, 15) is 4.79 Å². The molecule has 0 aliphatic rings. The zero-order valence-electron chi connectivity index (χ0n) is 7.97. The van der Waals surface area contributed by atoms with Gasteiger partial charge in [0.15, 0.2) is 0 Å². The van der Waals surface area contributed by atoms with E-state index in [0.717, 1.165) is 6.54 Å². The van der Waals surface area contributed by atoms with Gasteiger partial charge in [-0.15, -0.1) is 0 Å². The summed E-state index contributed by atoms with van der Waals surface area (Å²) in [6.45, 7) is 1.46. The van der Waals surface area contributed by atoms with E-state index in [1.165, 1.54) is 0 Å². The first-order valence-corrected chi connectivity index (χ1v) is 4.50. The lowest BCUT2D eigenvalue weighted by Gasteiger charge is -2.04. The summed E-state index contributed by atoms with van der Waals surface area (Å²) >= 11 is 0. The quantitative estimate of drug-likeness (QED) is 0.727. The first-order valence-electron chi connectivity index (χ1n) is 4.50. The Kier molecular flexibility index (Phi) is 2.32. The summed E-state index contributed by atoms with van der Waals surface area (Å²) < 4.78 is 3.26. The minimum absolute atomic E-state index is 0.000231. The van der Waals surface area contributed by atoms with Crippen LogP contribution in [0.4, 0.5) is 0 Å². The zero-order valence-corrected chi connectivity index (χ0v) is 7.97. The van der Waals surface area contributed by atoms with Gasteiger partial charge in [0.05, 0.1) is 6.20 Å². The predicted octanol–water partition coefficient (Wildman–Crippen LogP) is -0.285. The molecule has 2 heterocycles. The molecule has 5 heteroatoms. The van der Waals surface area contributed by atoms with Gasteiger partial charge in [-0.05, 0) is 13.1 Å². The molecule has 0 bridgehead atoms. The fraction of sp³-hybridized carbons (Fsp3) is 0.333. The van der Waals surface area contributed by atoms with Crippen molar-refractivity contribution >= 4 is 5.52 Å². The summed E-state index contributed by atoms with van der Waals surface area (Å²) in [5.41, 5.74) is 0.615. The zero-order chi connectivity index (χ0) is 9.97. The van der Waals surface area contributed by atoms with E-state index in [-0.39, 0.29) is 5.56 Å². The molecule has 0 spiro atoms. The van der Waals surface area contributed by atoms with Crippen LogP contribution in [-0.2, 0) is 6.54 Å². The summed E-state index contributed by atoms with van der Waals surface area (Å²) in [7, 11) is 1.86. The second kappa shape index (κ2) is 3.63. The Morgan fingerprint density at radius 1 is 1.50 bits per heavy atom. The Bertz CT molecular complexity index is 485. The highest BCUT2D eigenvalue weighted by atomic mass is 16.1. The van der Waals surface area contributed by atoms with Crippen LogP contribution in [0.1, 0.15) is 0 Å². The van der Waals surface area contributed by atoms with E-state index >= 15 is 0 Å². The van der Waals surface area contributed by atoms with Gasteiger partial charge in [0.25, 0.3) is 5.56 Å². The average molecular weight is 192 g/mol. The Labute approximate surface area is 81.0 Å². The number of hydrogen-bond acceptors (Lipinski definition) is 3. The molecule has 0 radical (unpaired) electrons.